The lowest BCUT2D eigenvalue weighted by Gasteiger charge is -2.25. The van der Waals surface area contributed by atoms with Crippen LogP contribution in [-0.4, -0.2) is 46.6 Å². The number of rotatable bonds is 3. The molecule has 0 radical (unpaired) electrons. The van der Waals surface area contributed by atoms with Crippen LogP contribution in [0.2, 0.25) is 0 Å². The Labute approximate surface area is 129 Å². The van der Waals surface area contributed by atoms with Crippen LogP contribution >= 0.6 is 22.9 Å². The Bertz CT molecular complexity index is 649. The second-order valence-electron chi connectivity index (χ2n) is 4.41. The third kappa shape index (κ3) is 3.12. The molecule has 1 amide bonds. The van der Waals surface area contributed by atoms with Gasteiger partial charge in [0, 0.05) is 24.6 Å². The molecule has 0 aromatic carbocycles. The van der Waals surface area contributed by atoms with Crippen LogP contribution in [0.4, 0.5) is 16.1 Å². The topological polar surface area (TPSA) is 106 Å². The molecular formula is C11H14N6O2S2. The molecule has 10 heteroatoms. The van der Waals surface area contributed by atoms with Crippen LogP contribution in [0.5, 0.6) is 0 Å². The molecule has 21 heavy (non-hydrogen) atoms. The predicted molar refractivity (Wildman–Crippen MR) is 82.2 cm³/mol. The summed E-state index contributed by atoms with van der Waals surface area (Å²) in [5.41, 5.74) is 5.86. The normalized spacial score (nSPS) is 15.2. The molecule has 1 aliphatic rings. The average Bonchev–Trinajstić information content (AvgIpc) is 3.06. The summed E-state index contributed by atoms with van der Waals surface area (Å²) in [6.07, 6.45) is 0. The second kappa shape index (κ2) is 5.92. The van der Waals surface area contributed by atoms with Gasteiger partial charge >= 0.3 is 0 Å². The van der Waals surface area contributed by atoms with Gasteiger partial charge < -0.3 is 15.4 Å². The maximum absolute atomic E-state index is 12.2. The average molecular weight is 326 g/mol. The van der Waals surface area contributed by atoms with Crippen LogP contribution in [0.25, 0.3) is 0 Å². The quantitative estimate of drug-likeness (QED) is 0.865. The van der Waals surface area contributed by atoms with Gasteiger partial charge in [-0.2, -0.15) is 4.37 Å². The molecule has 3 heterocycles. The van der Waals surface area contributed by atoms with Crippen molar-refractivity contribution in [1.29, 1.82) is 0 Å². The number of nitrogens with one attached hydrogen (secondary N) is 1. The summed E-state index contributed by atoms with van der Waals surface area (Å²) in [4.78, 5) is 23.0. The van der Waals surface area contributed by atoms with Gasteiger partial charge in [0.25, 0.3) is 5.91 Å². The van der Waals surface area contributed by atoms with Crippen molar-refractivity contribution in [2.45, 2.75) is 6.92 Å². The minimum absolute atomic E-state index is 0.236. The maximum Gasteiger partial charge on any atom is 0.271 e. The number of aryl methyl sites for hydroxylation is 1. The summed E-state index contributed by atoms with van der Waals surface area (Å²) in [6.45, 7) is 4.59. The van der Waals surface area contributed by atoms with E-state index in [9.17, 15) is 4.79 Å². The lowest BCUT2D eigenvalue weighted by Crippen LogP contribution is -2.36. The molecule has 8 nitrogen and oxygen atoms in total. The molecular weight excluding hydrogens is 312 g/mol. The van der Waals surface area contributed by atoms with E-state index in [-0.39, 0.29) is 11.7 Å². The largest absolute Gasteiger partial charge is 0.382 e. The van der Waals surface area contributed by atoms with Crippen molar-refractivity contribution >= 4 is 44.9 Å². The predicted octanol–water partition coefficient (Wildman–Crippen LogP) is 0.974. The van der Waals surface area contributed by atoms with Gasteiger partial charge in [0.15, 0.2) is 5.13 Å². The van der Waals surface area contributed by atoms with E-state index in [1.54, 1.807) is 6.92 Å². The van der Waals surface area contributed by atoms with E-state index in [4.69, 9.17) is 10.5 Å². The van der Waals surface area contributed by atoms with E-state index in [1.807, 2.05) is 0 Å². The van der Waals surface area contributed by atoms with Crippen LogP contribution < -0.4 is 16.0 Å². The first kappa shape index (κ1) is 14.2. The summed E-state index contributed by atoms with van der Waals surface area (Å²) in [5, 5.41) is 3.89. The first-order chi connectivity index (χ1) is 10.1. The van der Waals surface area contributed by atoms with Gasteiger partial charge in [0.1, 0.15) is 16.5 Å². The Morgan fingerprint density at radius 2 is 2.14 bits per heavy atom. The molecule has 1 saturated heterocycles. The Morgan fingerprint density at radius 1 is 1.38 bits per heavy atom. The summed E-state index contributed by atoms with van der Waals surface area (Å²) < 4.78 is 9.31. The first-order valence-corrected chi connectivity index (χ1v) is 7.93. The standard InChI is InChI=1S/C11H14N6O2S2/c1-6-13-10(21-16-6)15-9(18)7-8(12)14-11(20-7)17-2-4-19-5-3-17/h2-5,12H2,1H3,(H,13,15,16,18). The zero-order valence-corrected chi connectivity index (χ0v) is 13.0. The number of morpholine rings is 1. The van der Waals surface area contributed by atoms with E-state index in [1.165, 1.54) is 11.3 Å². The molecule has 3 rings (SSSR count). The Balaban J connectivity index is 1.75. The van der Waals surface area contributed by atoms with E-state index in [0.29, 0.717) is 29.0 Å². The lowest BCUT2D eigenvalue weighted by molar-refractivity contribution is 0.103. The van der Waals surface area contributed by atoms with Gasteiger partial charge in [-0.1, -0.05) is 11.3 Å². The molecule has 0 atom stereocenters. The first-order valence-electron chi connectivity index (χ1n) is 6.34. The van der Waals surface area contributed by atoms with E-state index >= 15 is 0 Å². The molecule has 0 bridgehead atoms. The minimum Gasteiger partial charge on any atom is -0.382 e. The number of ether oxygens (including phenoxy) is 1. The molecule has 1 fully saturated rings. The van der Waals surface area contributed by atoms with Crippen LogP contribution in [0.1, 0.15) is 15.5 Å². The second-order valence-corrected chi connectivity index (χ2v) is 6.14. The molecule has 2 aromatic heterocycles. The molecule has 0 aliphatic carbocycles. The summed E-state index contributed by atoms with van der Waals surface area (Å²) in [5.74, 6) is 0.558. The Morgan fingerprint density at radius 3 is 2.81 bits per heavy atom. The summed E-state index contributed by atoms with van der Waals surface area (Å²) >= 11 is 2.42. The van der Waals surface area contributed by atoms with Crippen LogP contribution in [0.3, 0.4) is 0 Å². The number of nitrogens with two attached hydrogens (primary N) is 1. The number of carbonyl (C=O) groups is 1. The number of hydrogen-bond donors (Lipinski definition) is 2. The highest BCUT2D eigenvalue weighted by Crippen LogP contribution is 2.29. The fourth-order valence-electron chi connectivity index (χ4n) is 1.87. The SMILES string of the molecule is Cc1nsc(NC(=O)c2sc(N3CCOCC3)nc2N)n1. The number of nitrogen functional groups attached to an aromatic ring is 1. The fraction of sp³-hybridized carbons (Fsp3) is 0.455. The Hall–Kier alpha value is -1.78. The molecule has 3 N–H and O–H groups in total. The van der Waals surface area contributed by atoms with Crippen LogP contribution in [0.15, 0.2) is 0 Å². The highest BCUT2D eigenvalue weighted by molar-refractivity contribution is 7.18. The zero-order valence-electron chi connectivity index (χ0n) is 11.3. The number of hydrogen-bond acceptors (Lipinski definition) is 9. The van der Waals surface area contributed by atoms with Crippen molar-refractivity contribution in [2.75, 3.05) is 42.3 Å². The number of nitrogens with zero attached hydrogens (tertiary/aromatic N) is 4. The third-order valence-electron chi connectivity index (χ3n) is 2.88. The smallest absolute Gasteiger partial charge is 0.271 e. The van der Waals surface area contributed by atoms with Gasteiger partial charge in [-0.15, -0.1) is 0 Å². The van der Waals surface area contributed by atoms with Gasteiger partial charge in [0.2, 0.25) is 5.13 Å². The number of aromatic nitrogens is 3. The lowest BCUT2D eigenvalue weighted by atomic mass is 10.4. The minimum atomic E-state index is -0.305. The maximum atomic E-state index is 12.2. The van der Waals surface area contributed by atoms with Crippen molar-refractivity contribution in [2.24, 2.45) is 0 Å². The fourth-order valence-corrected chi connectivity index (χ4v) is 3.38. The monoisotopic (exact) mass is 326 g/mol. The number of carbonyl (C=O) groups excluding carboxylic acids is 1. The third-order valence-corrected chi connectivity index (χ3v) is 4.73. The number of amides is 1. The van der Waals surface area contributed by atoms with Gasteiger partial charge in [-0.25, -0.2) is 9.97 Å². The molecule has 0 saturated carbocycles. The van der Waals surface area contributed by atoms with Crippen molar-refractivity contribution in [3.63, 3.8) is 0 Å². The Kier molecular flexibility index (Phi) is 3.99. The van der Waals surface area contributed by atoms with Crippen LogP contribution in [-0.2, 0) is 4.74 Å². The molecule has 2 aromatic rings. The number of thiazole rings is 1. The number of anilines is 3. The highest BCUT2D eigenvalue weighted by atomic mass is 32.1. The van der Waals surface area contributed by atoms with Gasteiger partial charge in [-0.3, -0.25) is 10.1 Å². The van der Waals surface area contributed by atoms with E-state index < -0.39 is 0 Å². The molecule has 1 aliphatic heterocycles. The molecule has 0 unspecified atom stereocenters. The summed E-state index contributed by atoms with van der Waals surface area (Å²) in [7, 11) is 0. The van der Waals surface area contributed by atoms with Crippen molar-refractivity contribution < 1.29 is 9.53 Å². The van der Waals surface area contributed by atoms with E-state index in [0.717, 1.165) is 29.8 Å². The highest BCUT2D eigenvalue weighted by Gasteiger charge is 2.21. The van der Waals surface area contributed by atoms with Gasteiger partial charge in [0.05, 0.1) is 13.2 Å². The zero-order chi connectivity index (χ0) is 14.8. The van der Waals surface area contributed by atoms with Crippen molar-refractivity contribution in [3.8, 4) is 0 Å². The van der Waals surface area contributed by atoms with Gasteiger partial charge in [-0.05, 0) is 6.92 Å². The van der Waals surface area contributed by atoms with E-state index in [2.05, 4.69) is 24.6 Å². The summed E-state index contributed by atoms with van der Waals surface area (Å²) in [6, 6.07) is 0. The van der Waals surface area contributed by atoms with Crippen molar-refractivity contribution in [3.05, 3.63) is 10.7 Å². The van der Waals surface area contributed by atoms with Crippen molar-refractivity contribution in [1.82, 2.24) is 14.3 Å². The molecule has 0 spiro atoms. The molecule has 112 valence electrons. The van der Waals surface area contributed by atoms with Crippen LogP contribution in [0, 0.1) is 6.92 Å².